The van der Waals surface area contributed by atoms with Crippen molar-refractivity contribution in [3.63, 3.8) is 0 Å². The molecule has 0 atom stereocenters. The smallest absolute Gasteiger partial charge is 0.248 e. The van der Waals surface area contributed by atoms with E-state index in [1.165, 1.54) is 0 Å². The van der Waals surface area contributed by atoms with Crippen LogP contribution in [-0.2, 0) is 4.79 Å². The summed E-state index contributed by atoms with van der Waals surface area (Å²) in [6, 6.07) is 0.0773. The number of carbonyl (C=O) groups is 1. The SMILES string of the molecule is CC(C)N(CCN)C(=O)C1CCC(F)(F)CC1. The summed E-state index contributed by atoms with van der Waals surface area (Å²) >= 11 is 0. The zero-order chi connectivity index (χ0) is 13.1. The molecule has 100 valence electrons. The first-order chi connectivity index (χ1) is 7.87. The van der Waals surface area contributed by atoms with E-state index in [0.717, 1.165) is 0 Å². The summed E-state index contributed by atoms with van der Waals surface area (Å²) in [5.41, 5.74) is 5.46. The molecule has 0 aromatic carbocycles. The standard InChI is InChI=1S/C12H22F2N2O/c1-9(2)16(8-7-15)11(17)10-3-5-12(13,14)6-4-10/h9-10H,3-8,15H2,1-2H3. The van der Waals surface area contributed by atoms with E-state index in [1.54, 1.807) is 4.90 Å². The molecular weight excluding hydrogens is 226 g/mol. The number of hydrogen-bond donors (Lipinski definition) is 1. The molecule has 0 saturated heterocycles. The lowest BCUT2D eigenvalue weighted by atomic mass is 9.85. The van der Waals surface area contributed by atoms with Gasteiger partial charge in [0.25, 0.3) is 0 Å². The maximum Gasteiger partial charge on any atom is 0.248 e. The summed E-state index contributed by atoms with van der Waals surface area (Å²) < 4.78 is 26.0. The Bertz CT molecular complexity index is 259. The molecule has 1 aliphatic rings. The highest BCUT2D eigenvalue weighted by molar-refractivity contribution is 5.79. The molecule has 0 aromatic rings. The van der Waals surface area contributed by atoms with E-state index >= 15 is 0 Å². The van der Waals surface area contributed by atoms with E-state index in [-0.39, 0.29) is 30.7 Å². The highest BCUT2D eigenvalue weighted by atomic mass is 19.3. The van der Waals surface area contributed by atoms with Crippen molar-refractivity contribution in [2.75, 3.05) is 13.1 Å². The van der Waals surface area contributed by atoms with Gasteiger partial charge in [-0.2, -0.15) is 0 Å². The number of hydrogen-bond acceptors (Lipinski definition) is 2. The Hall–Kier alpha value is -0.710. The molecule has 0 heterocycles. The molecule has 0 aromatic heterocycles. The van der Waals surface area contributed by atoms with Crippen LogP contribution in [-0.4, -0.2) is 35.9 Å². The molecule has 1 rings (SSSR count). The molecule has 1 fully saturated rings. The third-order valence-corrected chi connectivity index (χ3v) is 3.34. The minimum atomic E-state index is -2.58. The van der Waals surface area contributed by atoms with Crippen LogP contribution in [0.1, 0.15) is 39.5 Å². The van der Waals surface area contributed by atoms with E-state index in [4.69, 9.17) is 5.73 Å². The molecule has 1 saturated carbocycles. The van der Waals surface area contributed by atoms with Gasteiger partial charge >= 0.3 is 0 Å². The third-order valence-electron chi connectivity index (χ3n) is 3.34. The topological polar surface area (TPSA) is 46.3 Å². The third kappa shape index (κ3) is 3.91. The fourth-order valence-electron chi connectivity index (χ4n) is 2.28. The van der Waals surface area contributed by atoms with Crippen LogP contribution in [0, 0.1) is 5.92 Å². The first kappa shape index (κ1) is 14.4. The Morgan fingerprint density at radius 2 is 1.94 bits per heavy atom. The quantitative estimate of drug-likeness (QED) is 0.827. The van der Waals surface area contributed by atoms with E-state index < -0.39 is 5.92 Å². The fraction of sp³-hybridized carbons (Fsp3) is 0.917. The second-order valence-corrected chi connectivity index (χ2v) is 5.04. The van der Waals surface area contributed by atoms with Gasteiger partial charge in [-0.05, 0) is 26.7 Å². The normalized spacial score (nSPS) is 20.6. The molecule has 5 heteroatoms. The van der Waals surface area contributed by atoms with Gasteiger partial charge in [0.15, 0.2) is 0 Å². The first-order valence-electron chi connectivity index (χ1n) is 6.26. The van der Waals surface area contributed by atoms with Gasteiger partial charge in [0, 0.05) is 37.9 Å². The Labute approximate surface area is 101 Å². The molecule has 17 heavy (non-hydrogen) atoms. The molecule has 0 aliphatic heterocycles. The van der Waals surface area contributed by atoms with E-state index in [1.807, 2.05) is 13.8 Å². The average molecular weight is 248 g/mol. The van der Waals surface area contributed by atoms with Crippen LogP contribution in [0.25, 0.3) is 0 Å². The number of rotatable bonds is 4. The fourth-order valence-corrected chi connectivity index (χ4v) is 2.28. The summed E-state index contributed by atoms with van der Waals surface area (Å²) in [6.07, 6.45) is 0.245. The molecule has 0 spiro atoms. The first-order valence-corrected chi connectivity index (χ1v) is 6.26. The molecule has 1 aliphatic carbocycles. The maximum atomic E-state index is 13.0. The molecule has 0 radical (unpaired) electrons. The molecule has 0 unspecified atom stereocenters. The monoisotopic (exact) mass is 248 g/mol. The van der Waals surface area contributed by atoms with Crippen LogP contribution in [0.3, 0.4) is 0 Å². The number of nitrogens with zero attached hydrogens (tertiary/aromatic N) is 1. The summed E-state index contributed by atoms with van der Waals surface area (Å²) in [6.45, 7) is 4.76. The minimum absolute atomic E-state index is 0.0130. The van der Waals surface area contributed by atoms with Crippen molar-refractivity contribution in [3.05, 3.63) is 0 Å². The maximum absolute atomic E-state index is 13.0. The Morgan fingerprint density at radius 1 is 1.41 bits per heavy atom. The lowest BCUT2D eigenvalue weighted by molar-refractivity contribution is -0.141. The summed E-state index contributed by atoms with van der Waals surface area (Å²) in [4.78, 5) is 13.9. The average Bonchev–Trinajstić information content (AvgIpc) is 2.24. The zero-order valence-corrected chi connectivity index (χ0v) is 10.6. The number of halogens is 2. The molecule has 1 amide bonds. The lowest BCUT2D eigenvalue weighted by Crippen LogP contribution is -2.45. The van der Waals surface area contributed by atoms with Crippen molar-refractivity contribution in [3.8, 4) is 0 Å². The van der Waals surface area contributed by atoms with Crippen LogP contribution in [0.2, 0.25) is 0 Å². The van der Waals surface area contributed by atoms with Gasteiger partial charge in [0.1, 0.15) is 0 Å². The highest BCUT2D eigenvalue weighted by Gasteiger charge is 2.38. The largest absolute Gasteiger partial charge is 0.339 e. The van der Waals surface area contributed by atoms with E-state index in [0.29, 0.717) is 25.9 Å². The zero-order valence-electron chi connectivity index (χ0n) is 10.6. The van der Waals surface area contributed by atoms with Gasteiger partial charge in [-0.15, -0.1) is 0 Å². The molecule has 3 nitrogen and oxygen atoms in total. The number of carbonyl (C=O) groups excluding carboxylic acids is 1. The van der Waals surface area contributed by atoms with Gasteiger partial charge in [-0.3, -0.25) is 4.79 Å². The Morgan fingerprint density at radius 3 is 2.35 bits per heavy atom. The molecule has 0 bridgehead atoms. The van der Waals surface area contributed by atoms with Crippen molar-refractivity contribution in [2.45, 2.75) is 51.5 Å². The minimum Gasteiger partial charge on any atom is -0.339 e. The second-order valence-electron chi connectivity index (χ2n) is 5.04. The molecular formula is C12H22F2N2O. The van der Waals surface area contributed by atoms with E-state index in [2.05, 4.69) is 0 Å². The van der Waals surface area contributed by atoms with Crippen molar-refractivity contribution in [2.24, 2.45) is 11.7 Å². The van der Waals surface area contributed by atoms with Crippen LogP contribution < -0.4 is 5.73 Å². The van der Waals surface area contributed by atoms with Crippen LogP contribution in [0.15, 0.2) is 0 Å². The van der Waals surface area contributed by atoms with Crippen molar-refractivity contribution >= 4 is 5.91 Å². The van der Waals surface area contributed by atoms with Gasteiger partial charge in [0.2, 0.25) is 11.8 Å². The Kier molecular flexibility index (Phi) is 4.86. The summed E-state index contributed by atoms with van der Waals surface area (Å²) in [7, 11) is 0. The van der Waals surface area contributed by atoms with Crippen LogP contribution in [0.5, 0.6) is 0 Å². The number of nitrogens with two attached hydrogens (primary N) is 1. The van der Waals surface area contributed by atoms with Gasteiger partial charge in [-0.25, -0.2) is 8.78 Å². The second kappa shape index (κ2) is 5.76. The van der Waals surface area contributed by atoms with Crippen LogP contribution >= 0.6 is 0 Å². The van der Waals surface area contributed by atoms with Crippen molar-refractivity contribution in [1.29, 1.82) is 0 Å². The van der Waals surface area contributed by atoms with Crippen molar-refractivity contribution in [1.82, 2.24) is 4.90 Å². The Balaban J connectivity index is 2.57. The highest BCUT2D eigenvalue weighted by Crippen LogP contribution is 2.36. The lowest BCUT2D eigenvalue weighted by Gasteiger charge is -2.34. The van der Waals surface area contributed by atoms with E-state index in [9.17, 15) is 13.6 Å². The van der Waals surface area contributed by atoms with Gasteiger partial charge < -0.3 is 10.6 Å². The van der Waals surface area contributed by atoms with Crippen LogP contribution in [0.4, 0.5) is 8.78 Å². The van der Waals surface area contributed by atoms with Gasteiger partial charge in [0.05, 0.1) is 0 Å². The number of amides is 1. The summed E-state index contributed by atoms with van der Waals surface area (Å²) in [5.74, 6) is -2.84. The summed E-state index contributed by atoms with van der Waals surface area (Å²) in [5, 5.41) is 0. The predicted molar refractivity (Wildman–Crippen MR) is 62.8 cm³/mol. The van der Waals surface area contributed by atoms with Crippen molar-refractivity contribution < 1.29 is 13.6 Å². The predicted octanol–water partition coefficient (Wildman–Crippen LogP) is 2.01. The van der Waals surface area contributed by atoms with Gasteiger partial charge in [-0.1, -0.05) is 0 Å². The number of alkyl halides is 2. The molecule has 2 N–H and O–H groups in total.